The smallest absolute Gasteiger partial charge is 0.407 e. The molecule has 0 aromatic heterocycles. The number of carbonyl (C=O) groups is 2. The molecule has 1 atom stereocenters. The number of ether oxygens (including phenoxy) is 1. The van der Waals surface area contributed by atoms with Crippen molar-refractivity contribution in [3.8, 4) is 11.1 Å². The Kier molecular flexibility index (Phi) is 7.26. The normalized spacial score (nSPS) is 12.8. The van der Waals surface area contributed by atoms with Crippen molar-refractivity contribution in [2.45, 2.75) is 24.9 Å². The van der Waals surface area contributed by atoms with Crippen molar-refractivity contribution in [3.05, 3.63) is 131 Å². The maximum Gasteiger partial charge on any atom is 0.407 e. The Hall–Kier alpha value is -4.45. The van der Waals surface area contributed by atoms with Crippen molar-refractivity contribution in [2.75, 3.05) is 6.61 Å². The minimum atomic E-state index is -0.835. The predicted molar refractivity (Wildman–Crippen MR) is 140 cm³/mol. The molecule has 1 aliphatic rings. The summed E-state index contributed by atoms with van der Waals surface area (Å²) in [5, 5.41) is 5.59. The van der Waals surface area contributed by atoms with E-state index in [0.29, 0.717) is 6.42 Å². The Bertz CT molecular complexity index is 1340. The van der Waals surface area contributed by atoms with E-state index < -0.39 is 12.1 Å². The van der Waals surface area contributed by atoms with Crippen LogP contribution in [0.3, 0.4) is 0 Å². The van der Waals surface area contributed by atoms with Gasteiger partial charge in [-0.05, 0) is 45.5 Å². The van der Waals surface area contributed by atoms with E-state index in [-0.39, 0.29) is 30.8 Å². The molecule has 0 saturated heterocycles. The molecule has 6 heteroatoms. The van der Waals surface area contributed by atoms with Gasteiger partial charge in [0.25, 0.3) is 0 Å². The highest BCUT2D eigenvalue weighted by Crippen LogP contribution is 2.44. The molecule has 5 nitrogen and oxygen atoms in total. The van der Waals surface area contributed by atoms with Gasteiger partial charge in [-0.1, -0.05) is 91.0 Å². The van der Waals surface area contributed by atoms with E-state index in [1.54, 1.807) is 12.1 Å². The number of fused-ring (bicyclic) bond motifs is 3. The van der Waals surface area contributed by atoms with Gasteiger partial charge in [-0.15, -0.1) is 0 Å². The third kappa shape index (κ3) is 5.70. The summed E-state index contributed by atoms with van der Waals surface area (Å²) < 4.78 is 18.9. The van der Waals surface area contributed by atoms with Gasteiger partial charge in [0, 0.05) is 18.9 Å². The lowest BCUT2D eigenvalue weighted by Gasteiger charge is -2.20. The average Bonchev–Trinajstić information content (AvgIpc) is 3.25. The minimum Gasteiger partial charge on any atom is -0.449 e. The van der Waals surface area contributed by atoms with Crippen LogP contribution < -0.4 is 10.6 Å². The Morgan fingerprint density at radius 2 is 1.35 bits per heavy atom. The monoisotopic (exact) mass is 494 g/mol. The molecule has 0 spiro atoms. The number of rotatable bonds is 8. The molecule has 0 saturated carbocycles. The topological polar surface area (TPSA) is 67.4 Å². The first kappa shape index (κ1) is 24.3. The largest absolute Gasteiger partial charge is 0.449 e. The zero-order valence-corrected chi connectivity index (χ0v) is 20.2. The van der Waals surface area contributed by atoms with E-state index in [1.165, 1.54) is 12.1 Å². The molecule has 1 aliphatic carbocycles. The lowest BCUT2D eigenvalue weighted by molar-refractivity contribution is -0.123. The molecular formula is C31H27FN2O3. The summed E-state index contributed by atoms with van der Waals surface area (Å²) in [7, 11) is 0. The lowest BCUT2D eigenvalue weighted by atomic mass is 9.98. The fourth-order valence-electron chi connectivity index (χ4n) is 4.76. The number of hydrogen-bond acceptors (Lipinski definition) is 3. The van der Waals surface area contributed by atoms with Gasteiger partial charge in [0.15, 0.2) is 0 Å². The molecule has 4 aromatic carbocycles. The van der Waals surface area contributed by atoms with Crippen LogP contribution in [0.15, 0.2) is 103 Å². The average molecular weight is 495 g/mol. The Morgan fingerprint density at radius 3 is 2.00 bits per heavy atom. The second kappa shape index (κ2) is 11.1. The van der Waals surface area contributed by atoms with Crippen LogP contribution in [0, 0.1) is 5.82 Å². The number of benzene rings is 4. The van der Waals surface area contributed by atoms with Crippen LogP contribution in [-0.4, -0.2) is 24.6 Å². The zero-order chi connectivity index (χ0) is 25.6. The first-order valence-electron chi connectivity index (χ1n) is 12.3. The van der Waals surface area contributed by atoms with Gasteiger partial charge in [0.05, 0.1) is 0 Å². The van der Waals surface area contributed by atoms with E-state index in [4.69, 9.17) is 4.74 Å². The molecular weight excluding hydrogens is 467 g/mol. The number of amides is 2. The molecule has 37 heavy (non-hydrogen) atoms. The van der Waals surface area contributed by atoms with Gasteiger partial charge in [-0.3, -0.25) is 4.79 Å². The summed E-state index contributed by atoms with van der Waals surface area (Å²) in [5.74, 6) is -0.756. The summed E-state index contributed by atoms with van der Waals surface area (Å²) in [6, 6.07) is 30.8. The van der Waals surface area contributed by atoms with Crippen LogP contribution in [0.4, 0.5) is 9.18 Å². The SMILES string of the molecule is O=C(NC(Cc1ccccc1)C(=O)NCc1ccc(F)cc1)OCC1c2ccccc2-c2ccccc21. The van der Waals surface area contributed by atoms with Crippen LogP contribution >= 0.6 is 0 Å². The molecule has 186 valence electrons. The Balaban J connectivity index is 1.25. The van der Waals surface area contributed by atoms with Crippen molar-refractivity contribution in [1.29, 1.82) is 0 Å². The molecule has 0 radical (unpaired) electrons. The minimum absolute atomic E-state index is 0.0713. The highest BCUT2D eigenvalue weighted by molar-refractivity contribution is 5.86. The van der Waals surface area contributed by atoms with Crippen molar-refractivity contribution in [2.24, 2.45) is 0 Å². The van der Waals surface area contributed by atoms with Crippen molar-refractivity contribution < 1.29 is 18.7 Å². The number of nitrogens with one attached hydrogen (secondary N) is 2. The highest BCUT2D eigenvalue weighted by Gasteiger charge is 2.29. The van der Waals surface area contributed by atoms with Crippen molar-refractivity contribution in [3.63, 3.8) is 0 Å². The van der Waals surface area contributed by atoms with Crippen LogP contribution in [0.2, 0.25) is 0 Å². The first-order valence-corrected chi connectivity index (χ1v) is 12.3. The summed E-state index contributed by atoms with van der Waals surface area (Å²) in [6.45, 7) is 0.381. The maximum absolute atomic E-state index is 13.2. The molecule has 1 unspecified atom stereocenters. The van der Waals surface area contributed by atoms with E-state index in [0.717, 1.165) is 33.4 Å². The van der Waals surface area contributed by atoms with Gasteiger partial charge in [-0.25, -0.2) is 9.18 Å². The number of halogens is 1. The Labute approximate surface area is 215 Å². The van der Waals surface area contributed by atoms with E-state index in [9.17, 15) is 14.0 Å². The van der Waals surface area contributed by atoms with Crippen LogP contribution in [0.1, 0.15) is 28.2 Å². The van der Waals surface area contributed by atoms with E-state index >= 15 is 0 Å². The number of carbonyl (C=O) groups excluding carboxylic acids is 2. The van der Waals surface area contributed by atoms with Gasteiger partial charge in [-0.2, -0.15) is 0 Å². The molecule has 0 heterocycles. The summed E-state index contributed by atoms with van der Waals surface area (Å²) >= 11 is 0. The third-order valence-corrected chi connectivity index (χ3v) is 6.61. The molecule has 5 rings (SSSR count). The molecule has 2 amide bonds. The lowest BCUT2D eigenvalue weighted by Crippen LogP contribution is -2.48. The van der Waals surface area contributed by atoms with Gasteiger partial charge < -0.3 is 15.4 Å². The molecule has 0 aliphatic heterocycles. The second-order valence-electron chi connectivity index (χ2n) is 9.06. The fourth-order valence-corrected chi connectivity index (χ4v) is 4.76. The predicted octanol–water partition coefficient (Wildman–Crippen LogP) is 5.59. The van der Waals surface area contributed by atoms with E-state index in [2.05, 4.69) is 34.9 Å². The summed E-state index contributed by atoms with van der Waals surface area (Å²) in [5.41, 5.74) is 6.20. The molecule has 0 fully saturated rings. The van der Waals surface area contributed by atoms with Crippen LogP contribution in [-0.2, 0) is 22.5 Å². The van der Waals surface area contributed by atoms with Crippen LogP contribution in [0.25, 0.3) is 11.1 Å². The molecule has 0 bridgehead atoms. The number of hydrogen-bond donors (Lipinski definition) is 2. The second-order valence-corrected chi connectivity index (χ2v) is 9.06. The first-order chi connectivity index (χ1) is 18.1. The van der Waals surface area contributed by atoms with Crippen molar-refractivity contribution >= 4 is 12.0 Å². The summed E-state index contributed by atoms with van der Waals surface area (Å²) in [6.07, 6.45) is -0.347. The van der Waals surface area contributed by atoms with Gasteiger partial charge in [0.2, 0.25) is 5.91 Å². The Morgan fingerprint density at radius 1 is 0.757 bits per heavy atom. The standard InChI is InChI=1S/C31H27FN2O3/c32-23-16-14-22(15-17-23)19-33-30(35)29(18-21-8-2-1-3-9-21)34-31(36)37-20-28-26-12-6-4-10-24(26)25-11-5-7-13-27(25)28/h1-17,28-29H,18-20H2,(H,33,35)(H,34,36). The van der Waals surface area contributed by atoms with Gasteiger partial charge in [0.1, 0.15) is 18.5 Å². The third-order valence-electron chi connectivity index (χ3n) is 6.61. The number of alkyl carbamates (subject to hydrolysis) is 1. The highest BCUT2D eigenvalue weighted by atomic mass is 19.1. The van der Waals surface area contributed by atoms with E-state index in [1.807, 2.05) is 54.6 Å². The maximum atomic E-state index is 13.2. The quantitative estimate of drug-likeness (QED) is 0.336. The molecule has 2 N–H and O–H groups in total. The summed E-state index contributed by atoms with van der Waals surface area (Å²) in [4.78, 5) is 25.9. The fraction of sp³-hybridized carbons (Fsp3) is 0.161. The molecule has 4 aromatic rings. The van der Waals surface area contributed by atoms with Crippen LogP contribution in [0.5, 0.6) is 0 Å². The zero-order valence-electron chi connectivity index (χ0n) is 20.2. The van der Waals surface area contributed by atoms with Gasteiger partial charge >= 0.3 is 6.09 Å². The van der Waals surface area contributed by atoms with Crippen molar-refractivity contribution in [1.82, 2.24) is 10.6 Å².